The summed E-state index contributed by atoms with van der Waals surface area (Å²) in [6.45, 7) is 7.72. The fraction of sp³-hybridized carbons (Fsp3) is 0.417. The Morgan fingerprint density at radius 1 is 1.11 bits per heavy atom. The van der Waals surface area contributed by atoms with E-state index < -0.39 is 29.7 Å². The Morgan fingerprint density at radius 3 is 2.55 bits per heavy atom. The van der Waals surface area contributed by atoms with Crippen molar-refractivity contribution >= 4 is 34.7 Å². The van der Waals surface area contributed by atoms with E-state index in [2.05, 4.69) is 15.6 Å². The number of aromatic nitrogens is 2. The molecule has 1 fully saturated rings. The first kappa shape index (κ1) is 33.6. The van der Waals surface area contributed by atoms with Crippen LogP contribution < -0.4 is 10.6 Å². The molecule has 1 aliphatic heterocycles. The summed E-state index contributed by atoms with van der Waals surface area (Å²) in [5.74, 6) is -0.00324. The molecule has 1 aromatic heterocycles. The molecule has 2 aliphatic rings. The summed E-state index contributed by atoms with van der Waals surface area (Å²) in [5, 5.41) is 5.50. The average molecular weight is 641 g/mol. The first-order valence-corrected chi connectivity index (χ1v) is 16.0. The summed E-state index contributed by atoms with van der Waals surface area (Å²) in [6, 6.07) is 13.9. The zero-order valence-corrected chi connectivity index (χ0v) is 27.9. The minimum atomic E-state index is -0.642. The van der Waals surface area contributed by atoms with Gasteiger partial charge in [0.05, 0.1) is 29.7 Å². The maximum absolute atomic E-state index is 13.8. The summed E-state index contributed by atoms with van der Waals surface area (Å²) in [7, 11) is 3.82. The Labute approximate surface area is 275 Å². The molecule has 1 aliphatic carbocycles. The standard InChI is InChI=1S/C36H44N6O5/c1-22-14-15-25(20-27(22)40-35(46)47-36(2,3)4)33(44)37-21-30(43)24-16-17-26-28(19-24)39-32(38-26)29-13-10-18-42(29)34(45)31(41(5)6)23-11-8-7-9-12-23/h7-9,11-12,14-17,19-20,22,27,29,31H,10,13,18,21H2,1-6H3,(H,37,44)(H,38,39)(H,40,46). The molecule has 3 N–H and O–H groups in total. The SMILES string of the molecule is CC1C=CC(C(=O)NCC(=O)c2ccc3nc(C4CCCN4C(=O)C(c4ccccc4)N(C)C)[nH]c3c2)=CC1NC(=O)OC(C)(C)C. The van der Waals surface area contributed by atoms with Gasteiger partial charge in [0.25, 0.3) is 5.91 Å². The number of fused-ring (bicyclic) bond motifs is 1. The fourth-order valence-electron chi connectivity index (χ4n) is 6.04. The molecule has 4 unspecified atom stereocenters. The first-order chi connectivity index (χ1) is 22.3. The van der Waals surface area contributed by atoms with Gasteiger partial charge in [-0.25, -0.2) is 9.78 Å². The number of aromatic amines is 1. The maximum atomic E-state index is 13.8. The van der Waals surface area contributed by atoms with Gasteiger partial charge in [0, 0.05) is 17.7 Å². The van der Waals surface area contributed by atoms with E-state index in [4.69, 9.17) is 9.72 Å². The number of nitrogens with one attached hydrogen (secondary N) is 3. The topological polar surface area (TPSA) is 137 Å². The molecule has 0 spiro atoms. The van der Waals surface area contributed by atoms with Crippen LogP contribution in [0.4, 0.5) is 4.79 Å². The van der Waals surface area contributed by atoms with Crippen LogP contribution in [0.2, 0.25) is 0 Å². The number of likely N-dealkylation sites (tertiary alicyclic amines) is 1. The zero-order valence-electron chi connectivity index (χ0n) is 27.9. The van der Waals surface area contributed by atoms with E-state index in [9.17, 15) is 19.2 Å². The molecule has 3 amide bonds. The number of imidazole rings is 1. The lowest BCUT2D eigenvalue weighted by atomic mass is 9.93. The molecule has 5 rings (SSSR count). The van der Waals surface area contributed by atoms with E-state index >= 15 is 0 Å². The molecule has 3 aromatic rings. The van der Waals surface area contributed by atoms with E-state index in [-0.39, 0.29) is 30.2 Å². The van der Waals surface area contributed by atoms with E-state index in [0.29, 0.717) is 34.5 Å². The van der Waals surface area contributed by atoms with Gasteiger partial charge in [0.15, 0.2) is 5.78 Å². The molecular weight excluding hydrogens is 596 g/mol. The molecule has 1 saturated heterocycles. The monoisotopic (exact) mass is 640 g/mol. The highest BCUT2D eigenvalue weighted by molar-refractivity contribution is 6.04. The molecule has 0 saturated carbocycles. The Balaban J connectivity index is 1.24. The van der Waals surface area contributed by atoms with Crippen LogP contribution >= 0.6 is 0 Å². The van der Waals surface area contributed by atoms with Gasteiger partial charge in [-0.3, -0.25) is 19.3 Å². The molecule has 2 aromatic carbocycles. The second-order valence-corrected chi connectivity index (χ2v) is 13.4. The fourth-order valence-corrected chi connectivity index (χ4v) is 6.04. The highest BCUT2D eigenvalue weighted by atomic mass is 16.6. The summed E-state index contributed by atoms with van der Waals surface area (Å²) in [5.41, 5.74) is 2.46. The van der Waals surface area contributed by atoms with Gasteiger partial charge in [0.2, 0.25) is 5.91 Å². The summed E-state index contributed by atoms with van der Waals surface area (Å²) in [4.78, 5) is 64.2. The highest BCUT2D eigenvalue weighted by Gasteiger charge is 2.37. The van der Waals surface area contributed by atoms with Crippen molar-refractivity contribution in [3.05, 3.63) is 89.3 Å². The van der Waals surface area contributed by atoms with Crippen molar-refractivity contribution < 1.29 is 23.9 Å². The largest absolute Gasteiger partial charge is 0.444 e. The molecular formula is C36H44N6O5. The number of rotatable bonds is 9. The number of hydrogen-bond acceptors (Lipinski definition) is 7. The lowest BCUT2D eigenvalue weighted by Gasteiger charge is -2.31. The van der Waals surface area contributed by atoms with Crippen molar-refractivity contribution in [2.24, 2.45) is 5.92 Å². The van der Waals surface area contributed by atoms with Crippen molar-refractivity contribution in [3.63, 3.8) is 0 Å². The normalized spacial score (nSPS) is 20.2. The third kappa shape index (κ3) is 7.97. The quantitative estimate of drug-likeness (QED) is 0.285. The van der Waals surface area contributed by atoms with Crippen LogP contribution in [0.5, 0.6) is 0 Å². The van der Waals surface area contributed by atoms with Crippen molar-refractivity contribution in [2.45, 2.75) is 64.3 Å². The highest BCUT2D eigenvalue weighted by Crippen LogP contribution is 2.35. The van der Waals surface area contributed by atoms with E-state index in [1.807, 2.05) is 67.2 Å². The van der Waals surface area contributed by atoms with Crippen LogP contribution in [0.15, 0.2) is 72.3 Å². The zero-order chi connectivity index (χ0) is 33.9. The number of carbonyl (C=O) groups excluding carboxylic acids is 4. The number of alkyl carbamates (subject to hydrolysis) is 1. The van der Waals surface area contributed by atoms with E-state index in [0.717, 1.165) is 18.4 Å². The Bertz CT molecular complexity index is 1700. The van der Waals surface area contributed by atoms with Gasteiger partial charge in [0.1, 0.15) is 17.5 Å². The molecule has 248 valence electrons. The van der Waals surface area contributed by atoms with Gasteiger partial charge >= 0.3 is 6.09 Å². The predicted molar refractivity (Wildman–Crippen MR) is 180 cm³/mol. The number of likely N-dealkylation sites (N-methyl/N-ethyl adjacent to an activating group) is 1. The Morgan fingerprint density at radius 2 is 1.85 bits per heavy atom. The first-order valence-electron chi connectivity index (χ1n) is 16.0. The molecule has 4 atom stereocenters. The van der Waals surface area contributed by atoms with Gasteiger partial charge < -0.3 is 25.3 Å². The van der Waals surface area contributed by atoms with Crippen molar-refractivity contribution in [1.29, 1.82) is 0 Å². The van der Waals surface area contributed by atoms with Crippen LogP contribution in [-0.4, -0.2) is 82.3 Å². The van der Waals surface area contributed by atoms with Crippen LogP contribution in [0.3, 0.4) is 0 Å². The average Bonchev–Trinajstić information content (AvgIpc) is 3.67. The molecule has 11 nitrogen and oxygen atoms in total. The third-order valence-electron chi connectivity index (χ3n) is 8.40. The second kappa shape index (κ2) is 13.9. The molecule has 47 heavy (non-hydrogen) atoms. The Kier molecular flexibility index (Phi) is 9.95. The summed E-state index contributed by atoms with van der Waals surface area (Å²) in [6.07, 6.45) is 6.29. The number of amides is 3. The number of benzene rings is 2. The van der Waals surface area contributed by atoms with Crippen LogP contribution in [0.1, 0.15) is 74.4 Å². The number of H-pyrrole nitrogens is 1. The molecule has 2 heterocycles. The van der Waals surface area contributed by atoms with Crippen LogP contribution in [0.25, 0.3) is 11.0 Å². The van der Waals surface area contributed by atoms with Crippen molar-refractivity contribution in [3.8, 4) is 0 Å². The van der Waals surface area contributed by atoms with Crippen LogP contribution in [0, 0.1) is 5.92 Å². The van der Waals surface area contributed by atoms with Gasteiger partial charge in [-0.2, -0.15) is 0 Å². The maximum Gasteiger partial charge on any atom is 0.408 e. The third-order valence-corrected chi connectivity index (χ3v) is 8.40. The molecule has 0 bridgehead atoms. The van der Waals surface area contributed by atoms with Crippen LogP contribution in [-0.2, 0) is 14.3 Å². The second-order valence-electron chi connectivity index (χ2n) is 13.4. The summed E-state index contributed by atoms with van der Waals surface area (Å²) < 4.78 is 5.35. The molecule has 0 radical (unpaired) electrons. The van der Waals surface area contributed by atoms with Gasteiger partial charge in [-0.15, -0.1) is 0 Å². The number of ketones is 1. The lowest BCUT2D eigenvalue weighted by molar-refractivity contribution is -0.137. The summed E-state index contributed by atoms with van der Waals surface area (Å²) >= 11 is 0. The van der Waals surface area contributed by atoms with Crippen molar-refractivity contribution in [1.82, 2.24) is 30.4 Å². The predicted octanol–water partition coefficient (Wildman–Crippen LogP) is 4.85. The number of ether oxygens (including phenoxy) is 1. The van der Waals surface area contributed by atoms with E-state index in [1.54, 1.807) is 51.1 Å². The number of nitrogens with zero attached hydrogens (tertiary/aromatic N) is 3. The minimum Gasteiger partial charge on any atom is -0.444 e. The number of Topliss-reactive ketones (excluding diaryl/α,β-unsaturated/α-hetero) is 1. The van der Waals surface area contributed by atoms with Gasteiger partial charge in [-0.1, -0.05) is 49.4 Å². The number of carbonyl (C=O) groups is 4. The number of hydrogen-bond donors (Lipinski definition) is 3. The van der Waals surface area contributed by atoms with Gasteiger partial charge in [-0.05, 0) is 83.5 Å². The molecule has 11 heteroatoms. The minimum absolute atomic E-state index is 0.0279. The lowest BCUT2D eigenvalue weighted by Crippen LogP contribution is -2.42. The Hall–Kier alpha value is -4.77. The van der Waals surface area contributed by atoms with Crippen molar-refractivity contribution in [2.75, 3.05) is 27.2 Å². The van der Waals surface area contributed by atoms with E-state index in [1.165, 1.54) is 0 Å². The smallest absolute Gasteiger partial charge is 0.408 e.